The Morgan fingerprint density at radius 2 is 1.93 bits per heavy atom. The van der Waals surface area contributed by atoms with Gasteiger partial charge in [0.1, 0.15) is 10.6 Å². The molecule has 1 aliphatic rings. The van der Waals surface area contributed by atoms with Crippen LogP contribution in [0.1, 0.15) is 34.8 Å². The summed E-state index contributed by atoms with van der Waals surface area (Å²) in [5.41, 5.74) is 1.14. The van der Waals surface area contributed by atoms with Gasteiger partial charge in [-0.1, -0.05) is 29.8 Å². The van der Waals surface area contributed by atoms with E-state index in [2.05, 4.69) is 10.0 Å². The van der Waals surface area contributed by atoms with Gasteiger partial charge in [0.2, 0.25) is 10.0 Å². The third-order valence-corrected chi connectivity index (χ3v) is 6.84. The van der Waals surface area contributed by atoms with Crippen LogP contribution >= 0.6 is 11.6 Å². The first-order chi connectivity index (χ1) is 14.2. The largest absolute Gasteiger partial charge is 0.495 e. The lowest BCUT2D eigenvalue weighted by Crippen LogP contribution is -2.35. The zero-order valence-corrected chi connectivity index (χ0v) is 18.8. The molecule has 2 aromatic carbocycles. The number of carbonyl (C=O) groups excluding carboxylic acids is 1. The Morgan fingerprint density at radius 1 is 1.23 bits per heavy atom. The van der Waals surface area contributed by atoms with Crippen LogP contribution in [0.25, 0.3) is 0 Å². The van der Waals surface area contributed by atoms with Crippen molar-refractivity contribution in [1.29, 1.82) is 0 Å². The predicted octanol–water partition coefficient (Wildman–Crippen LogP) is 2.82. The molecule has 1 aliphatic carbocycles. The van der Waals surface area contributed by atoms with Crippen LogP contribution in [0.5, 0.6) is 5.75 Å². The van der Waals surface area contributed by atoms with Crippen molar-refractivity contribution in [1.82, 2.24) is 14.9 Å². The van der Waals surface area contributed by atoms with E-state index in [9.17, 15) is 13.2 Å². The third-order valence-electron chi connectivity index (χ3n) is 4.96. The molecule has 0 aromatic heterocycles. The Labute approximate surface area is 182 Å². The van der Waals surface area contributed by atoms with Crippen LogP contribution in [0, 0.1) is 0 Å². The van der Waals surface area contributed by atoms with Crippen LogP contribution in [-0.2, 0) is 10.0 Å². The average molecular weight is 452 g/mol. The summed E-state index contributed by atoms with van der Waals surface area (Å²) in [6, 6.07) is 11.7. The molecule has 2 aromatic rings. The number of carbonyl (C=O) groups is 1. The first-order valence-corrected chi connectivity index (χ1v) is 11.5. The van der Waals surface area contributed by atoms with Crippen LogP contribution in [0.2, 0.25) is 5.02 Å². The number of halogens is 1. The van der Waals surface area contributed by atoms with Crippen LogP contribution in [0.4, 0.5) is 0 Å². The molecule has 0 bridgehead atoms. The van der Waals surface area contributed by atoms with E-state index in [0.29, 0.717) is 11.6 Å². The maximum atomic E-state index is 12.8. The van der Waals surface area contributed by atoms with Gasteiger partial charge < -0.3 is 15.0 Å². The van der Waals surface area contributed by atoms with E-state index >= 15 is 0 Å². The Kier molecular flexibility index (Phi) is 7.02. The maximum Gasteiger partial charge on any atom is 0.251 e. The number of sulfonamides is 1. The van der Waals surface area contributed by atoms with E-state index < -0.39 is 10.0 Å². The summed E-state index contributed by atoms with van der Waals surface area (Å²) in [5, 5.41) is 3.50. The fraction of sp³-hybridized carbons (Fsp3) is 0.381. The normalized spacial score (nSPS) is 15.1. The second-order valence-electron chi connectivity index (χ2n) is 7.47. The molecule has 0 saturated heterocycles. The van der Waals surface area contributed by atoms with Gasteiger partial charge in [0.15, 0.2) is 0 Å². The SMILES string of the molecule is COc1ccc(C(=O)NCC(c2ccccc2Cl)N(C)C)cc1S(=O)(=O)NC1CC1. The monoisotopic (exact) mass is 451 g/mol. The van der Waals surface area contributed by atoms with E-state index in [0.717, 1.165) is 18.4 Å². The van der Waals surface area contributed by atoms with Crippen molar-refractivity contribution in [3.05, 3.63) is 58.6 Å². The maximum absolute atomic E-state index is 12.8. The molecule has 30 heavy (non-hydrogen) atoms. The molecule has 0 radical (unpaired) electrons. The van der Waals surface area contributed by atoms with Gasteiger partial charge in [-0.25, -0.2) is 13.1 Å². The number of hydrogen-bond acceptors (Lipinski definition) is 5. The number of rotatable bonds is 9. The zero-order valence-electron chi connectivity index (χ0n) is 17.2. The van der Waals surface area contributed by atoms with Crippen molar-refractivity contribution in [2.75, 3.05) is 27.7 Å². The highest BCUT2D eigenvalue weighted by Crippen LogP contribution is 2.29. The van der Waals surface area contributed by atoms with Gasteiger partial charge in [-0.3, -0.25) is 4.79 Å². The number of nitrogens with one attached hydrogen (secondary N) is 2. The number of benzene rings is 2. The molecule has 7 nitrogen and oxygen atoms in total. The van der Waals surface area contributed by atoms with Gasteiger partial charge in [-0.2, -0.15) is 0 Å². The number of amides is 1. The number of likely N-dealkylation sites (N-methyl/N-ethyl adjacent to an activating group) is 1. The van der Waals surface area contributed by atoms with Crippen molar-refractivity contribution >= 4 is 27.5 Å². The van der Waals surface area contributed by atoms with Crippen LogP contribution in [0.3, 0.4) is 0 Å². The number of methoxy groups -OCH3 is 1. The summed E-state index contributed by atoms with van der Waals surface area (Å²) >= 11 is 6.32. The van der Waals surface area contributed by atoms with Gasteiger partial charge in [0.25, 0.3) is 5.91 Å². The molecule has 1 atom stereocenters. The molecule has 0 heterocycles. The lowest BCUT2D eigenvalue weighted by Gasteiger charge is -2.26. The molecule has 1 fully saturated rings. The fourth-order valence-electron chi connectivity index (χ4n) is 3.12. The fourth-order valence-corrected chi connectivity index (χ4v) is 4.88. The molecular formula is C21H26ClN3O4S. The van der Waals surface area contributed by atoms with Crippen molar-refractivity contribution in [2.24, 2.45) is 0 Å². The summed E-state index contributed by atoms with van der Waals surface area (Å²) in [4.78, 5) is 14.7. The molecule has 9 heteroatoms. The summed E-state index contributed by atoms with van der Waals surface area (Å²) in [5.74, 6) is -0.179. The Morgan fingerprint density at radius 3 is 2.53 bits per heavy atom. The molecule has 3 rings (SSSR count). The predicted molar refractivity (Wildman–Crippen MR) is 117 cm³/mol. The van der Waals surface area contributed by atoms with Crippen LogP contribution in [-0.4, -0.2) is 53.0 Å². The molecule has 1 saturated carbocycles. The number of hydrogen-bond donors (Lipinski definition) is 2. The van der Waals surface area contributed by atoms with Crippen molar-refractivity contribution in [3.63, 3.8) is 0 Å². The van der Waals surface area contributed by atoms with E-state index in [1.54, 1.807) is 6.07 Å². The van der Waals surface area contributed by atoms with Gasteiger partial charge in [-0.05, 0) is 56.8 Å². The number of nitrogens with zero attached hydrogens (tertiary/aromatic N) is 1. The highest BCUT2D eigenvalue weighted by atomic mass is 35.5. The molecule has 2 N–H and O–H groups in total. The second kappa shape index (κ2) is 9.34. The number of ether oxygens (including phenoxy) is 1. The molecule has 1 amide bonds. The topological polar surface area (TPSA) is 87.7 Å². The van der Waals surface area contributed by atoms with Crippen molar-refractivity contribution in [3.8, 4) is 5.75 Å². The highest BCUT2D eigenvalue weighted by molar-refractivity contribution is 7.89. The van der Waals surface area contributed by atoms with Crippen molar-refractivity contribution in [2.45, 2.75) is 29.8 Å². The first kappa shape index (κ1) is 22.6. The van der Waals surface area contributed by atoms with E-state index in [-0.39, 0.29) is 34.2 Å². The van der Waals surface area contributed by atoms with Gasteiger partial charge >= 0.3 is 0 Å². The average Bonchev–Trinajstić information content (AvgIpc) is 3.51. The molecule has 162 valence electrons. The molecular weight excluding hydrogens is 426 g/mol. The first-order valence-electron chi connectivity index (χ1n) is 9.62. The van der Waals surface area contributed by atoms with Crippen LogP contribution < -0.4 is 14.8 Å². The van der Waals surface area contributed by atoms with Gasteiger partial charge in [0.05, 0.1) is 13.2 Å². The van der Waals surface area contributed by atoms with E-state index in [1.807, 2.05) is 43.3 Å². The van der Waals surface area contributed by atoms with Crippen LogP contribution in [0.15, 0.2) is 47.4 Å². The Hall–Kier alpha value is -2.13. The molecule has 1 unspecified atom stereocenters. The summed E-state index contributed by atoms with van der Waals surface area (Å²) in [7, 11) is 1.44. The van der Waals surface area contributed by atoms with Crippen molar-refractivity contribution < 1.29 is 17.9 Å². The third kappa shape index (κ3) is 5.31. The standard InChI is InChI=1S/C21H26ClN3O4S/c1-25(2)18(16-6-4-5-7-17(16)22)13-23-21(26)14-8-11-19(29-3)20(12-14)30(27,28)24-15-9-10-15/h4-8,11-12,15,18,24H,9-10,13H2,1-3H3,(H,23,26). The minimum atomic E-state index is -3.77. The Bertz CT molecular complexity index is 1020. The highest BCUT2D eigenvalue weighted by Gasteiger charge is 2.30. The van der Waals surface area contributed by atoms with E-state index in [1.165, 1.54) is 19.2 Å². The minimum Gasteiger partial charge on any atom is -0.495 e. The lowest BCUT2D eigenvalue weighted by molar-refractivity contribution is 0.0941. The quantitative estimate of drug-likeness (QED) is 0.612. The van der Waals surface area contributed by atoms with E-state index in [4.69, 9.17) is 16.3 Å². The smallest absolute Gasteiger partial charge is 0.251 e. The minimum absolute atomic E-state index is 0.0418. The van der Waals surface area contributed by atoms with Gasteiger partial charge in [0, 0.05) is 23.2 Å². The summed E-state index contributed by atoms with van der Waals surface area (Å²) in [6.07, 6.45) is 1.63. The summed E-state index contributed by atoms with van der Waals surface area (Å²) < 4.78 is 33.2. The second-order valence-corrected chi connectivity index (χ2v) is 9.56. The zero-order chi connectivity index (χ0) is 21.9. The summed E-state index contributed by atoms with van der Waals surface area (Å²) in [6.45, 7) is 0.310. The molecule has 0 aliphatic heterocycles. The lowest BCUT2D eigenvalue weighted by atomic mass is 10.1. The Balaban J connectivity index is 1.79. The van der Waals surface area contributed by atoms with Gasteiger partial charge in [-0.15, -0.1) is 0 Å². The molecule has 0 spiro atoms.